The van der Waals surface area contributed by atoms with E-state index in [1.165, 1.54) is 5.56 Å². The van der Waals surface area contributed by atoms with Crippen LogP contribution in [0.25, 0.3) is 33.5 Å². The van der Waals surface area contributed by atoms with Crippen molar-refractivity contribution in [2.24, 2.45) is 0 Å². The van der Waals surface area contributed by atoms with Crippen molar-refractivity contribution in [3.05, 3.63) is 77.6 Å². The molecule has 0 atom stereocenters. The molecule has 0 aliphatic carbocycles. The van der Waals surface area contributed by atoms with E-state index in [0.29, 0.717) is 23.6 Å². The van der Waals surface area contributed by atoms with E-state index in [4.69, 9.17) is 9.72 Å². The highest BCUT2D eigenvalue weighted by Gasteiger charge is 2.20. The summed E-state index contributed by atoms with van der Waals surface area (Å²) in [6.45, 7) is 10.8. The molecule has 0 N–H and O–H groups in total. The van der Waals surface area contributed by atoms with Gasteiger partial charge in [0.2, 0.25) is 0 Å². The Hall–Kier alpha value is -3.60. The van der Waals surface area contributed by atoms with Crippen LogP contribution in [0.1, 0.15) is 56.1 Å². The van der Waals surface area contributed by atoms with Gasteiger partial charge < -0.3 is 4.74 Å². The van der Waals surface area contributed by atoms with Crippen LogP contribution in [0, 0.1) is 0 Å². The summed E-state index contributed by atoms with van der Waals surface area (Å²) >= 11 is 0. The van der Waals surface area contributed by atoms with E-state index in [-0.39, 0.29) is 11.4 Å². The Balaban J connectivity index is 2.00. The molecule has 5 nitrogen and oxygen atoms in total. The fourth-order valence-corrected chi connectivity index (χ4v) is 3.79. The van der Waals surface area contributed by atoms with E-state index in [9.17, 15) is 4.79 Å². The Morgan fingerprint density at radius 1 is 0.909 bits per heavy atom. The molecule has 0 aliphatic heterocycles. The standard InChI is InChI=1S/C28H29N3O2/c1-6-18-10-12-29-24(13-18)25-16-20(27(32)33-7-2)15-23(31-25)22-17-21(28(3,4)5)14-19-9-8-11-30-26(19)22/h8-17H,6-7H2,1-5H3. The molecule has 0 bridgehead atoms. The first-order chi connectivity index (χ1) is 15.8. The summed E-state index contributed by atoms with van der Waals surface area (Å²) in [5.74, 6) is -0.377. The number of hydrogen-bond acceptors (Lipinski definition) is 5. The van der Waals surface area contributed by atoms with Gasteiger partial charge in [0, 0.05) is 23.3 Å². The number of hydrogen-bond donors (Lipinski definition) is 0. The average Bonchev–Trinajstić information content (AvgIpc) is 2.82. The van der Waals surface area contributed by atoms with Crippen molar-refractivity contribution in [2.45, 2.75) is 46.5 Å². The molecule has 0 amide bonds. The zero-order chi connectivity index (χ0) is 23.6. The predicted molar refractivity (Wildman–Crippen MR) is 132 cm³/mol. The van der Waals surface area contributed by atoms with E-state index in [0.717, 1.165) is 34.1 Å². The molecule has 0 radical (unpaired) electrons. The largest absolute Gasteiger partial charge is 0.462 e. The SMILES string of the molecule is CCOC(=O)c1cc(-c2cc(CC)ccn2)nc(-c2cc(C(C)(C)C)cc3cccnc23)c1. The van der Waals surface area contributed by atoms with E-state index in [1.54, 1.807) is 31.5 Å². The van der Waals surface area contributed by atoms with Gasteiger partial charge in [-0.25, -0.2) is 9.78 Å². The first-order valence-electron chi connectivity index (χ1n) is 11.3. The molecule has 4 aromatic rings. The number of rotatable bonds is 5. The molecule has 5 heteroatoms. The van der Waals surface area contributed by atoms with Gasteiger partial charge in [-0.05, 0) is 72.4 Å². The highest BCUT2D eigenvalue weighted by molar-refractivity contribution is 5.97. The summed E-state index contributed by atoms with van der Waals surface area (Å²) in [5.41, 5.74) is 6.50. The lowest BCUT2D eigenvalue weighted by molar-refractivity contribution is 0.0526. The van der Waals surface area contributed by atoms with E-state index in [1.807, 2.05) is 18.2 Å². The number of carbonyl (C=O) groups is 1. The summed E-state index contributed by atoms with van der Waals surface area (Å²) in [4.78, 5) is 26.9. The van der Waals surface area contributed by atoms with Crippen molar-refractivity contribution in [2.75, 3.05) is 6.61 Å². The van der Waals surface area contributed by atoms with E-state index < -0.39 is 0 Å². The van der Waals surface area contributed by atoms with Crippen molar-refractivity contribution in [3.63, 3.8) is 0 Å². The fraction of sp³-hybridized carbons (Fsp3) is 0.286. The van der Waals surface area contributed by atoms with Crippen LogP contribution < -0.4 is 0 Å². The van der Waals surface area contributed by atoms with Crippen LogP contribution in [0.4, 0.5) is 0 Å². The van der Waals surface area contributed by atoms with Crippen LogP contribution in [0.2, 0.25) is 0 Å². The number of aromatic nitrogens is 3. The zero-order valence-corrected chi connectivity index (χ0v) is 19.8. The smallest absolute Gasteiger partial charge is 0.338 e. The fourth-order valence-electron chi connectivity index (χ4n) is 3.79. The zero-order valence-electron chi connectivity index (χ0n) is 19.8. The lowest BCUT2D eigenvalue weighted by atomic mass is 9.84. The number of nitrogens with zero attached hydrogens (tertiary/aromatic N) is 3. The monoisotopic (exact) mass is 439 g/mol. The lowest BCUT2D eigenvalue weighted by Gasteiger charge is -2.21. The van der Waals surface area contributed by atoms with Gasteiger partial charge in [-0.2, -0.15) is 0 Å². The second kappa shape index (κ2) is 9.10. The van der Waals surface area contributed by atoms with Crippen molar-refractivity contribution < 1.29 is 9.53 Å². The maximum atomic E-state index is 12.7. The maximum absolute atomic E-state index is 12.7. The Bertz CT molecular complexity index is 1320. The van der Waals surface area contributed by atoms with Crippen LogP contribution in [-0.4, -0.2) is 27.5 Å². The maximum Gasteiger partial charge on any atom is 0.338 e. The number of fused-ring (bicyclic) bond motifs is 1. The molecular weight excluding hydrogens is 410 g/mol. The number of carbonyl (C=O) groups excluding carboxylic acids is 1. The second-order valence-corrected chi connectivity index (χ2v) is 9.10. The Kier molecular flexibility index (Phi) is 6.23. The van der Waals surface area contributed by atoms with Crippen molar-refractivity contribution in [3.8, 4) is 22.6 Å². The first kappa shape index (κ1) is 22.6. The van der Waals surface area contributed by atoms with Crippen LogP contribution >= 0.6 is 0 Å². The normalized spacial score (nSPS) is 11.5. The topological polar surface area (TPSA) is 65.0 Å². The van der Waals surface area contributed by atoms with Gasteiger partial charge in [0.15, 0.2) is 0 Å². The predicted octanol–water partition coefficient (Wildman–Crippen LogP) is 6.40. The minimum atomic E-state index is -0.377. The molecule has 0 saturated carbocycles. The Morgan fingerprint density at radius 2 is 1.70 bits per heavy atom. The third kappa shape index (κ3) is 4.77. The minimum Gasteiger partial charge on any atom is -0.462 e. The van der Waals surface area contributed by atoms with Gasteiger partial charge in [-0.15, -0.1) is 0 Å². The molecule has 3 aromatic heterocycles. The summed E-state index contributed by atoms with van der Waals surface area (Å²) < 4.78 is 5.32. The Morgan fingerprint density at radius 3 is 2.42 bits per heavy atom. The molecule has 0 aliphatic rings. The highest BCUT2D eigenvalue weighted by Crippen LogP contribution is 2.34. The van der Waals surface area contributed by atoms with Gasteiger partial charge in [-0.1, -0.05) is 33.8 Å². The third-order valence-corrected chi connectivity index (χ3v) is 5.68. The van der Waals surface area contributed by atoms with Gasteiger partial charge in [0.25, 0.3) is 0 Å². The number of ether oxygens (including phenoxy) is 1. The summed E-state index contributed by atoms with van der Waals surface area (Å²) in [6.07, 6.45) is 4.46. The van der Waals surface area contributed by atoms with E-state index >= 15 is 0 Å². The molecule has 4 rings (SSSR count). The molecule has 3 heterocycles. The van der Waals surface area contributed by atoms with Crippen LogP contribution in [0.5, 0.6) is 0 Å². The molecule has 1 aromatic carbocycles. The van der Waals surface area contributed by atoms with E-state index in [2.05, 4.69) is 55.9 Å². The number of esters is 1. The van der Waals surface area contributed by atoms with Gasteiger partial charge in [-0.3, -0.25) is 9.97 Å². The highest BCUT2D eigenvalue weighted by atomic mass is 16.5. The van der Waals surface area contributed by atoms with Crippen molar-refractivity contribution in [1.29, 1.82) is 0 Å². The van der Waals surface area contributed by atoms with Gasteiger partial charge in [0.1, 0.15) is 0 Å². The number of pyridine rings is 3. The summed E-state index contributed by atoms with van der Waals surface area (Å²) in [7, 11) is 0. The lowest BCUT2D eigenvalue weighted by Crippen LogP contribution is -2.11. The summed E-state index contributed by atoms with van der Waals surface area (Å²) in [5, 5.41) is 1.04. The number of aryl methyl sites for hydroxylation is 1. The third-order valence-electron chi connectivity index (χ3n) is 5.68. The first-order valence-corrected chi connectivity index (χ1v) is 11.3. The van der Waals surface area contributed by atoms with Gasteiger partial charge in [0.05, 0.1) is 34.8 Å². The molecular formula is C28H29N3O2. The second-order valence-electron chi connectivity index (χ2n) is 9.10. The Labute approximate surface area is 194 Å². The van der Waals surface area contributed by atoms with Crippen molar-refractivity contribution in [1.82, 2.24) is 15.0 Å². The van der Waals surface area contributed by atoms with Crippen LogP contribution in [0.3, 0.4) is 0 Å². The molecule has 168 valence electrons. The van der Waals surface area contributed by atoms with Crippen LogP contribution in [0.15, 0.2) is 60.9 Å². The number of benzene rings is 1. The molecule has 0 fully saturated rings. The minimum absolute atomic E-state index is 0.0582. The molecule has 0 unspecified atom stereocenters. The van der Waals surface area contributed by atoms with Gasteiger partial charge >= 0.3 is 5.97 Å². The van der Waals surface area contributed by atoms with Crippen molar-refractivity contribution >= 4 is 16.9 Å². The van der Waals surface area contributed by atoms with Crippen LogP contribution in [-0.2, 0) is 16.6 Å². The quantitative estimate of drug-likeness (QED) is 0.337. The molecule has 33 heavy (non-hydrogen) atoms. The average molecular weight is 440 g/mol. The molecule has 0 spiro atoms. The molecule has 0 saturated heterocycles. The summed E-state index contributed by atoms with van der Waals surface area (Å²) in [6, 6.07) is 15.9.